The molecule has 0 aliphatic rings. The third kappa shape index (κ3) is 4.31. The molecule has 5 heteroatoms. The average molecular weight is 636 g/mol. The van der Waals surface area contributed by atoms with Crippen LogP contribution in [-0.4, -0.2) is 9.13 Å². The molecule has 7 aromatic carbocycles. The normalized spacial score (nSPS) is 11.1. The minimum atomic E-state index is 0.513. The highest BCUT2D eigenvalue weighted by Crippen LogP contribution is 2.40. The summed E-state index contributed by atoms with van der Waals surface area (Å²) >= 11 is 0. The van der Waals surface area contributed by atoms with Crippen molar-refractivity contribution in [2.24, 2.45) is 0 Å². The number of para-hydroxylation sites is 3. The number of fused-ring (bicyclic) bond motifs is 6. The highest BCUT2D eigenvalue weighted by atomic mass is 15.0. The number of rotatable bonds is 4. The van der Waals surface area contributed by atoms with E-state index in [2.05, 4.69) is 100 Å². The molecule has 0 unspecified atom stereocenters. The third-order valence-electron chi connectivity index (χ3n) is 9.65. The molecule has 2 aromatic heterocycles. The Kier molecular flexibility index (Phi) is 6.56. The van der Waals surface area contributed by atoms with Crippen LogP contribution in [0.4, 0.5) is 0 Å². The Morgan fingerprint density at radius 2 is 0.920 bits per heavy atom. The van der Waals surface area contributed by atoms with Crippen molar-refractivity contribution in [2.75, 3.05) is 0 Å². The molecule has 0 fully saturated rings. The van der Waals surface area contributed by atoms with Gasteiger partial charge in [-0.1, -0.05) is 91.0 Å². The Hall–Kier alpha value is -7.39. The van der Waals surface area contributed by atoms with Crippen molar-refractivity contribution in [1.82, 2.24) is 9.13 Å². The molecular formula is C45H25N5. The van der Waals surface area contributed by atoms with Crippen LogP contribution in [0.15, 0.2) is 152 Å². The molecule has 5 nitrogen and oxygen atoms in total. The van der Waals surface area contributed by atoms with Crippen LogP contribution in [0.3, 0.4) is 0 Å². The number of hydrogen-bond acceptors (Lipinski definition) is 3. The van der Waals surface area contributed by atoms with Gasteiger partial charge in [0.1, 0.15) is 6.07 Å². The zero-order valence-electron chi connectivity index (χ0n) is 26.7. The zero-order chi connectivity index (χ0) is 33.8. The number of benzene rings is 7. The monoisotopic (exact) mass is 635 g/mol. The molecule has 0 amide bonds. The predicted octanol–water partition coefficient (Wildman–Crippen LogP) is 10.8. The topological polar surface area (TPSA) is 81.2 Å². The Morgan fingerprint density at radius 1 is 0.380 bits per heavy atom. The molecule has 230 valence electrons. The van der Waals surface area contributed by atoms with Crippen molar-refractivity contribution in [1.29, 1.82) is 15.8 Å². The second kappa shape index (κ2) is 11.4. The van der Waals surface area contributed by atoms with Gasteiger partial charge in [0.25, 0.3) is 0 Å². The maximum atomic E-state index is 10.7. The molecule has 0 saturated carbocycles. The highest BCUT2D eigenvalue weighted by Gasteiger charge is 2.20. The van der Waals surface area contributed by atoms with E-state index in [-0.39, 0.29) is 0 Å². The second-order valence-corrected chi connectivity index (χ2v) is 12.3. The lowest BCUT2D eigenvalue weighted by molar-refractivity contribution is 1.18. The van der Waals surface area contributed by atoms with Crippen LogP contribution in [0.2, 0.25) is 0 Å². The van der Waals surface area contributed by atoms with Crippen LogP contribution in [0.5, 0.6) is 0 Å². The molecule has 0 aliphatic carbocycles. The van der Waals surface area contributed by atoms with Crippen LogP contribution in [0.1, 0.15) is 16.7 Å². The van der Waals surface area contributed by atoms with Crippen LogP contribution in [-0.2, 0) is 0 Å². The molecule has 0 radical (unpaired) electrons. The molecule has 9 rings (SSSR count). The van der Waals surface area contributed by atoms with Crippen LogP contribution in [0.25, 0.3) is 77.2 Å². The summed E-state index contributed by atoms with van der Waals surface area (Å²) in [5.41, 5.74) is 11.0. The molecule has 50 heavy (non-hydrogen) atoms. The largest absolute Gasteiger partial charge is 0.309 e. The van der Waals surface area contributed by atoms with Crippen LogP contribution >= 0.6 is 0 Å². The van der Waals surface area contributed by atoms with Gasteiger partial charge < -0.3 is 9.13 Å². The van der Waals surface area contributed by atoms with E-state index in [0.29, 0.717) is 16.7 Å². The minimum absolute atomic E-state index is 0.513. The van der Waals surface area contributed by atoms with Crippen LogP contribution in [0, 0.1) is 34.0 Å². The molecule has 0 aliphatic heterocycles. The van der Waals surface area contributed by atoms with Crippen molar-refractivity contribution in [2.45, 2.75) is 0 Å². The number of hydrogen-bond donors (Lipinski definition) is 0. The molecule has 0 saturated heterocycles. The minimum Gasteiger partial charge on any atom is -0.309 e. The Balaban J connectivity index is 1.22. The summed E-state index contributed by atoms with van der Waals surface area (Å²) in [6.45, 7) is 0. The van der Waals surface area contributed by atoms with E-state index in [4.69, 9.17) is 0 Å². The van der Waals surface area contributed by atoms with E-state index in [9.17, 15) is 15.8 Å². The summed E-state index contributed by atoms with van der Waals surface area (Å²) in [5, 5.41) is 34.7. The maximum Gasteiger partial charge on any atom is 0.100 e. The number of nitrogens with zero attached hydrogens (tertiary/aromatic N) is 5. The molecule has 0 N–H and O–H groups in total. The number of nitriles is 3. The van der Waals surface area contributed by atoms with Gasteiger partial charge in [0, 0.05) is 43.9 Å². The highest BCUT2D eigenvalue weighted by molar-refractivity contribution is 6.11. The van der Waals surface area contributed by atoms with Crippen molar-refractivity contribution in [3.63, 3.8) is 0 Å². The second-order valence-electron chi connectivity index (χ2n) is 12.3. The fourth-order valence-electron chi connectivity index (χ4n) is 7.44. The maximum absolute atomic E-state index is 10.7. The Bertz CT molecular complexity index is 2900. The zero-order valence-corrected chi connectivity index (χ0v) is 26.7. The molecule has 2 heterocycles. The van der Waals surface area contributed by atoms with Gasteiger partial charge in [0.15, 0.2) is 0 Å². The fraction of sp³-hybridized carbons (Fsp3) is 0. The van der Waals surface area contributed by atoms with Gasteiger partial charge in [-0.2, -0.15) is 15.8 Å². The van der Waals surface area contributed by atoms with E-state index >= 15 is 0 Å². The molecule has 0 bridgehead atoms. The lowest BCUT2D eigenvalue weighted by Gasteiger charge is -2.17. The third-order valence-corrected chi connectivity index (χ3v) is 9.65. The standard InChI is InChI=1S/C45H25N5/c46-26-29-17-23-44-39(24-29)37-10-3-6-15-43(37)50(44)45-25-30(27-47)16-22-38(45)34-12-7-11-33(40(34)28-48)31-18-20-32(21-19-31)49-41-13-4-1-8-35(41)36-9-2-5-14-42(36)49/h1-25H. The summed E-state index contributed by atoms with van der Waals surface area (Å²) in [7, 11) is 0. The Morgan fingerprint density at radius 3 is 1.56 bits per heavy atom. The van der Waals surface area contributed by atoms with Crippen molar-refractivity contribution in [3.05, 3.63) is 168 Å². The fourth-order valence-corrected chi connectivity index (χ4v) is 7.44. The lowest BCUT2D eigenvalue weighted by Crippen LogP contribution is -2.00. The first-order valence-corrected chi connectivity index (χ1v) is 16.3. The average Bonchev–Trinajstić information content (AvgIpc) is 3.70. The Labute approximate surface area is 287 Å². The van der Waals surface area contributed by atoms with Gasteiger partial charge in [0.05, 0.1) is 56.6 Å². The van der Waals surface area contributed by atoms with E-state index < -0.39 is 0 Å². The SMILES string of the molecule is N#Cc1ccc(-c2cccc(-c3ccc(-n4c5ccccc5c5ccccc54)cc3)c2C#N)c(-n2c3ccccc3c3cc(C#N)ccc32)c1. The molecular weight excluding hydrogens is 611 g/mol. The summed E-state index contributed by atoms with van der Waals surface area (Å²) in [6, 6.07) is 57.7. The van der Waals surface area contributed by atoms with Gasteiger partial charge in [-0.05, 0) is 66.2 Å². The molecule has 9 aromatic rings. The lowest BCUT2D eigenvalue weighted by atomic mass is 9.91. The molecule has 0 spiro atoms. The number of aromatic nitrogens is 2. The van der Waals surface area contributed by atoms with Gasteiger partial charge in [-0.25, -0.2) is 0 Å². The quantitative estimate of drug-likeness (QED) is 0.193. The van der Waals surface area contributed by atoms with Gasteiger partial charge in [-0.15, -0.1) is 0 Å². The van der Waals surface area contributed by atoms with Gasteiger partial charge in [-0.3, -0.25) is 0 Å². The summed E-state index contributed by atoms with van der Waals surface area (Å²) in [6.07, 6.45) is 0. The molecule has 0 atom stereocenters. The van der Waals surface area contributed by atoms with Crippen molar-refractivity contribution < 1.29 is 0 Å². The van der Waals surface area contributed by atoms with Crippen LogP contribution < -0.4 is 0 Å². The van der Waals surface area contributed by atoms with Gasteiger partial charge in [0.2, 0.25) is 0 Å². The summed E-state index contributed by atoms with van der Waals surface area (Å²) in [4.78, 5) is 0. The summed E-state index contributed by atoms with van der Waals surface area (Å²) in [5.74, 6) is 0. The first kappa shape index (κ1) is 28.8. The van der Waals surface area contributed by atoms with E-state index in [1.165, 1.54) is 10.8 Å². The van der Waals surface area contributed by atoms with E-state index in [1.807, 2.05) is 72.8 Å². The summed E-state index contributed by atoms with van der Waals surface area (Å²) < 4.78 is 4.42. The van der Waals surface area contributed by atoms with E-state index in [0.717, 1.165) is 66.5 Å². The van der Waals surface area contributed by atoms with E-state index in [1.54, 1.807) is 6.07 Å². The van der Waals surface area contributed by atoms with Gasteiger partial charge >= 0.3 is 0 Å². The first-order valence-electron chi connectivity index (χ1n) is 16.3. The van der Waals surface area contributed by atoms with Crippen molar-refractivity contribution >= 4 is 43.6 Å². The first-order chi connectivity index (χ1) is 24.7. The smallest absolute Gasteiger partial charge is 0.100 e. The predicted molar refractivity (Wildman–Crippen MR) is 200 cm³/mol. The van der Waals surface area contributed by atoms with Crippen molar-refractivity contribution in [3.8, 4) is 51.8 Å².